The van der Waals surface area contributed by atoms with E-state index in [4.69, 9.17) is 4.84 Å². The second-order valence-electron chi connectivity index (χ2n) is 4.24. The van der Waals surface area contributed by atoms with E-state index < -0.39 is 28.7 Å². The first-order chi connectivity index (χ1) is 7.31. The Morgan fingerprint density at radius 1 is 1.25 bits per heavy atom. The van der Waals surface area contributed by atoms with E-state index in [0.29, 0.717) is 0 Å². The van der Waals surface area contributed by atoms with Crippen molar-refractivity contribution in [3.05, 3.63) is 35.4 Å². The van der Waals surface area contributed by atoms with Crippen LogP contribution in [-0.2, 0) is 4.84 Å². The van der Waals surface area contributed by atoms with E-state index in [9.17, 15) is 13.6 Å². The number of rotatable bonds is 2. The third kappa shape index (κ3) is 3.27. The first-order valence-corrected chi connectivity index (χ1v) is 4.73. The summed E-state index contributed by atoms with van der Waals surface area (Å²) in [5.74, 6) is -2.78. The van der Waals surface area contributed by atoms with Crippen molar-refractivity contribution in [1.29, 1.82) is 0 Å². The van der Waals surface area contributed by atoms with Gasteiger partial charge in [0.15, 0.2) is 0 Å². The Morgan fingerprint density at radius 2 is 1.75 bits per heavy atom. The molecular weight excluding hydrogens is 216 g/mol. The molecule has 1 rings (SSSR count). The van der Waals surface area contributed by atoms with Crippen molar-refractivity contribution in [1.82, 2.24) is 5.48 Å². The molecule has 0 aliphatic rings. The minimum atomic E-state index is -0.939. The van der Waals surface area contributed by atoms with Gasteiger partial charge < -0.3 is 0 Å². The molecule has 0 fully saturated rings. The van der Waals surface area contributed by atoms with E-state index in [1.165, 1.54) is 6.07 Å². The lowest BCUT2D eigenvalue weighted by atomic mass is 10.2. The average molecular weight is 229 g/mol. The molecule has 0 bridgehead atoms. The smallest absolute Gasteiger partial charge is 0.268 e. The molecule has 5 heteroatoms. The maximum Gasteiger partial charge on any atom is 0.280 e. The Kier molecular flexibility index (Phi) is 3.59. The van der Waals surface area contributed by atoms with Gasteiger partial charge in [0.25, 0.3) is 5.91 Å². The van der Waals surface area contributed by atoms with Crippen LogP contribution < -0.4 is 5.48 Å². The van der Waals surface area contributed by atoms with Crippen LogP contribution in [-0.4, -0.2) is 11.5 Å². The minimum Gasteiger partial charge on any atom is -0.268 e. The lowest BCUT2D eigenvalue weighted by Gasteiger charge is -2.19. The second-order valence-corrected chi connectivity index (χ2v) is 4.24. The Morgan fingerprint density at radius 3 is 2.19 bits per heavy atom. The van der Waals surface area contributed by atoms with Gasteiger partial charge in [0.2, 0.25) is 0 Å². The number of nitrogens with one attached hydrogen (secondary N) is 1. The van der Waals surface area contributed by atoms with Crippen LogP contribution in [0.15, 0.2) is 18.2 Å². The highest BCUT2D eigenvalue weighted by molar-refractivity contribution is 5.94. The predicted octanol–water partition coefficient (Wildman–Crippen LogP) is 2.42. The molecule has 0 unspecified atom stereocenters. The molecule has 1 aromatic rings. The summed E-state index contributed by atoms with van der Waals surface area (Å²) in [7, 11) is 0. The zero-order chi connectivity index (χ0) is 12.3. The van der Waals surface area contributed by atoms with Crippen molar-refractivity contribution < 1.29 is 18.4 Å². The number of carbonyl (C=O) groups is 1. The van der Waals surface area contributed by atoms with E-state index in [-0.39, 0.29) is 0 Å². The summed E-state index contributed by atoms with van der Waals surface area (Å²) in [5, 5.41) is 0. The Bertz CT molecular complexity index is 379. The van der Waals surface area contributed by atoms with Crippen LogP contribution in [0.3, 0.4) is 0 Å². The van der Waals surface area contributed by atoms with Gasteiger partial charge in [0.1, 0.15) is 17.2 Å². The van der Waals surface area contributed by atoms with Gasteiger partial charge in [-0.1, -0.05) is 6.07 Å². The van der Waals surface area contributed by atoms with E-state index in [1.807, 2.05) is 5.48 Å². The highest BCUT2D eigenvalue weighted by atomic mass is 19.1. The van der Waals surface area contributed by atoms with Crippen LogP contribution in [0.4, 0.5) is 8.78 Å². The molecular formula is C11H13F2NO2. The van der Waals surface area contributed by atoms with Gasteiger partial charge in [-0.25, -0.2) is 14.3 Å². The van der Waals surface area contributed by atoms with E-state index in [2.05, 4.69) is 0 Å². The maximum atomic E-state index is 13.2. The van der Waals surface area contributed by atoms with Crippen LogP contribution in [0.1, 0.15) is 31.1 Å². The molecule has 0 aromatic heterocycles. The summed E-state index contributed by atoms with van der Waals surface area (Å²) in [6.07, 6.45) is 0. The summed E-state index contributed by atoms with van der Waals surface area (Å²) in [6.45, 7) is 5.10. The monoisotopic (exact) mass is 229 g/mol. The third-order valence-electron chi connectivity index (χ3n) is 1.64. The van der Waals surface area contributed by atoms with Crippen molar-refractivity contribution in [2.45, 2.75) is 26.4 Å². The van der Waals surface area contributed by atoms with Crippen LogP contribution in [0.25, 0.3) is 0 Å². The highest BCUT2D eigenvalue weighted by Crippen LogP contribution is 2.12. The quantitative estimate of drug-likeness (QED) is 0.791. The number of amides is 1. The highest BCUT2D eigenvalue weighted by Gasteiger charge is 2.19. The van der Waals surface area contributed by atoms with Crippen molar-refractivity contribution in [3.63, 3.8) is 0 Å². The van der Waals surface area contributed by atoms with Gasteiger partial charge in [-0.3, -0.25) is 9.63 Å². The predicted molar refractivity (Wildman–Crippen MR) is 54.7 cm³/mol. The number of benzene rings is 1. The molecule has 0 heterocycles. The summed E-state index contributed by atoms with van der Waals surface area (Å²) in [5.41, 5.74) is 0.728. The van der Waals surface area contributed by atoms with Crippen LogP contribution in [0, 0.1) is 11.6 Å². The first-order valence-electron chi connectivity index (χ1n) is 4.73. The summed E-state index contributed by atoms with van der Waals surface area (Å²) in [6, 6.07) is 3.20. The SMILES string of the molecule is CC(C)(C)ONC(=O)c1c(F)cccc1F. The molecule has 0 saturated heterocycles. The van der Waals surface area contributed by atoms with Gasteiger partial charge in [-0.2, -0.15) is 0 Å². The van der Waals surface area contributed by atoms with Crippen LogP contribution in [0.5, 0.6) is 0 Å². The summed E-state index contributed by atoms with van der Waals surface area (Å²) >= 11 is 0. The molecule has 1 aromatic carbocycles. The maximum absolute atomic E-state index is 13.2. The normalized spacial score (nSPS) is 11.3. The zero-order valence-electron chi connectivity index (χ0n) is 9.30. The molecule has 1 N–H and O–H groups in total. The van der Waals surface area contributed by atoms with Gasteiger partial charge in [-0.05, 0) is 32.9 Å². The molecule has 0 saturated carbocycles. The summed E-state index contributed by atoms with van der Waals surface area (Å²) in [4.78, 5) is 16.3. The lowest BCUT2D eigenvalue weighted by Crippen LogP contribution is -2.34. The molecule has 0 atom stereocenters. The molecule has 1 amide bonds. The van der Waals surface area contributed by atoms with Gasteiger partial charge >= 0.3 is 0 Å². The van der Waals surface area contributed by atoms with Crippen LogP contribution in [0.2, 0.25) is 0 Å². The molecule has 3 nitrogen and oxygen atoms in total. The van der Waals surface area contributed by atoms with Crippen molar-refractivity contribution in [3.8, 4) is 0 Å². The van der Waals surface area contributed by atoms with Gasteiger partial charge in [0, 0.05) is 0 Å². The van der Waals surface area contributed by atoms with Crippen molar-refractivity contribution >= 4 is 5.91 Å². The molecule has 0 aliphatic heterocycles. The summed E-state index contributed by atoms with van der Waals surface area (Å²) < 4.78 is 26.3. The second kappa shape index (κ2) is 4.57. The first kappa shape index (κ1) is 12.6. The van der Waals surface area contributed by atoms with E-state index in [1.54, 1.807) is 20.8 Å². The molecule has 0 spiro atoms. The topological polar surface area (TPSA) is 38.3 Å². The minimum absolute atomic E-state index is 0.628. The Hall–Kier alpha value is -1.49. The number of hydrogen-bond acceptors (Lipinski definition) is 2. The van der Waals surface area contributed by atoms with Gasteiger partial charge in [0.05, 0.1) is 5.60 Å². The zero-order valence-corrected chi connectivity index (χ0v) is 9.30. The molecule has 88 valence electrons. The number of hydrogen-bond donors (Lipinski definition) is 1. The van der Waals surface area contributed by atoms with E-state index in [0.717, 1.165) is 12.1 Å². The number of hydroxylamine groups is 1. The average Bonchev–Trinajstić information content (AvgIpc) is 2.13. The number of carbonyl (C=O) groups excluding carboxylic acids is 1. The fourth-order valence-electron chi connectivity index (χ4n) is 0.965. The number of halogens is 2. The lowest BCUT2D eigenvalue weighted by molar-refractivity contribution is -0.0592. The van der Waals surface area contributed by atoms with Crippen LogP contribution >= 0.6 is 0 Å². The molecule has 0 radical (unpaired) electrons. The van der Waals surface area contributed by atoms with Crippen molar-refractivity contribution in [2.75, 3.05) is 0 Å². The third-order valence-corrected chi connectivity index (χ3v) is 1.64. The molecule has 16 heavy (non-hydrogen) atoms. The fourth-order valence-corrected chi connectivity index (χ4v) is 0.965. The largest absolute Gasteiger partial charge is 0.280 e. The van der Waals surface area contributed by atoms with Gasteiger partial charge in [-0.15, -0.1) is 0 Å². The van der Waals surface area contributed by atoms with Crippen molar-refractivity contribution in [2.24, 2.45) is 0 Å². The van der Waals surface area contributed by atoms with E-state index >= 15 is 0 Å². The fraction of sp³-hybridized carbons (Fsp3) is 0.364. The Labute approximate surface area is 92.4 Å². The molecule has 0 aliphatic carbocycles. The standard InChI is InChI=1S/C11H13F2NO2/c1-11(2,3)16-14-10(15)9-7(12)5-4-6-8(9)13/h4-6H,1-3H3,(H,14,15). The Balaban J connectivity index is 2.81.